The number of carbonyl (C=O) groups is 2. The van der Waals surface area contributed by atoms with Crippen molar-refractivity contribution in [3.63, 3.8) is 0 Å². The molecule has 0 saturated carbocycles. The number of Topliss-reactive ketones (excluding diaryl/α,β-unsaturated/α-hetero) is 1. The van der Waals surface area contributed by atoms with Crippen LogP contribution in [0.2, 0.25) is 0 Å². The van der Waals surface area contributed by atoms with Crippen LogP contribution in [0.4, 0.5) is 10.6 Å². The summed E-state index contributed by atoms with van der Waals surface area (Å²) in [7, 11) is 1.64. The van der Waals surface area contributed by atoms with Gasteiger partial charge in [0.2, 0.25) is 0 Å². The summed E-state index contributed by atoms with van der Waals surface area (Å²) in [5, 5.41) is 10.1. The summed E-state index contributed by atoms with van der Waals surface area (Å²) in [5.41, 5.74) is 1.63. The number of pyridine rings is 1. The van der Waals surface area contributed by atoms with Crippen LogP contribution in [0.3, 0.4) is 0 Å². The lowest BCUT2D eigenvalue weighted by Gasteiger charge is -2.34. The molecule has 48 heavy (non-hydrogen) atoms. The monoisotopic (exact) mass is 668 g/mol. The fourth-order valence-electron chi connectivity index (χ4n) is 5.63. The average Bonchev–Trinajstić information content (AvgIpc) is 3.63. The van der Waals surface area contributed by atoms with Gasteiger partial charge < -0.3 is 24.4 Å². The van der Waals surface area contributed by atoms with Crippen molar-refractivity contribution >= 4 is 40.1 Å². The Hall–Kier alpha value is -4.97. The second kappa shape index (κ2) is 14.0. The molecule has 1 amide bonds. The quantitative estimate of drug-likeness (QED) is 0.153. The number of rotatable bonds is 10. The van der Waals surface area contributed by atoms with Crippen molar-refractivity contribution in [2.45, 2.75) is 65.1 Å². The van der Waals surface area contributed by atoms with Crippen molar-refractivity contribution in [1.29, 1.82) is 0 Å². The van der Waals surface area contributed by atoms with Gasteiger partial charge in [-0.15, -0.1) is 11.3 Å². The summed E-state index contributed by atoms with van der Waals surface area (Å²) in [6.45, 7) is 9.15. The van der Waals surface area contributed by atoms with Gasteiger partial charge >= 0.3 is 6.09 Å². The molecular formula is C36H40N6O5S. The summed E-state index contributed by atoms with van der Waals surface area (Å²) in [6.07, 6.45) is 5.06. The number of amides is 1. The van der Waals surface area contributed by atoms with Crippen LogP contribution >= 0.6 is 11.3 Å². The highest BCUT2D eigenvalue weighted by atomic mass is 32.1. The summed E-state index contributed by atoms with van der Waals surface area (Å²) >= 11 is 1.52. The number of aromatic nitrogens is 4. The second-order valence-corrected chi connectivity index (χ2v) is 14.2. The minimum atomic E-state index is -0.576. The van der Waals surface area contributed by atoms with Crippen LogP contribution in [-0.2, 0) is 17.7 Å². The van der Waals surface area contributed by atoms with Crippen LogP contribution in [0.1, 0.15) is 59.4 Å². The highest BCUT2D eigenvalue weighted by Crippen LogP contribution is 2.36. The van der Waals surface area contributed by atoms with Crippen LogP contribution < -0.4 is 14.8 Å². The number of ketones is 1. The minimum Gasteiger partial charge on any atom is -0.497 e. The summed E-state index contributed by atoms with van der Waals surface area (Å²) < 4.78 is 19.3. The van der Waals surface area contributed by atoms with E-state index in [1.165, 1.54) is 11.3 Å². The van der Waals surface area contributed by atoms with E-state index in [0.29, 0.717) is 53.5 Å². The van der Waals surface area contributed by atoms with E-state index in [-0.39, 0.29) is 24.3 Å². The number of ether oxygens (including phenoxy) is 3. The van der Waals surface area contributed by atoms with Crippen molar-refractivity contribution in [3.8, 4) is 17.2 Å². The molecule has 11 nitrogen and oxygen atoms in total. The number of fused-ring (bicyclic) bond motifs is 1. The van der Waals surface area contributed by atoms with Crippen LogP contribution in [0.15, 0.2) is 67.0 Å². The lowest BCUT2D eigenvalue weighted by atomic mass is 10.1. The zero-order valence-corrected chi connectivity index (χ0v) is 28.7. The first-order valence-electron chi connectivity index (χ1n) is 16.0. The van der Waals surface area contributed by atoms with Crippen molar-refractivity contribution in [2.75, 3.05) is 25.5 Å². The van der Waals surface area contributed by atoms with Crippen molar-refractivity contribution in [1.82, 2.24) is 24.6 Å². The molecular weight excluding hydrogens is 629 g/mol. The van der Waals surface area contributed by atoms with Crippen molar-refractivity contribution in [3.05, 3.63) is 88.0 Å². The predicted octanol–water partition coefficient (Wildman–Crippen LogP) is 7.28. The lowest BCUT2D eigenvalue weighted by molar-refractivity contribution is 0.0206. The van der Waals surface area contributed by atoms with Gasteiger partial charge in [-0.2, -0.15) is 5.10 Å². The molecule has 1 unspecified atom stereocenters. The Balaban J connectivity index is 1.30. The standard InChI is InChI=1S/C36H40N6O5S/c1-23-20-38-31(48-23)19-29(43)25-8-6-10-28(18-25)46-30-15-16-37-34-32(30)33(40-42(34)21-24-11-13-27(45-5)14-12-24)39-26-9-7-17-41(22-26)35(44)47-36(2,3)4/h6,8,10-16,18,20,26H,7,9,17,19,21-22H2,1-5H3,(H,39,40). The van der Waals surface area contributed by atoms with Crippen LogP contribution in [0.25, 0.3) is 11.0 Å². The molecule has 250 valence electrons. The third-order valence-electron chi connectivity index (χ3n) is 7.86. The molecule has 0 radical (unpaired) electrons. The maximum Gasteiger partial charge on any atom is 0.410 e. The zero-order chi connectivity index (χ0) is 33.8. The molecule has 1 atom stereocenters. The van der Waals surface area contributed by atoms with E-state index in [1.54, 1.807) is 42.6 Å². The molecule has 0 bridgehead atoms. The Morgan fingerprint density at radius 1 is 1.06 bits per heavy atom. The smallest absolute Gasteiger partial charge is 0.410 e. The molecule has 1 saturated heterocycles. The van der Waals surface area contributed by atoms with Gasteiger partial charge in [-0.3, -0.25) is 4.79 Å². The van der Waals surface area contributed by atoms with Gasteiger partial charge in [0.15, 0.2) is 17.2 Å². The molecule has 4 heterocycles. The Bertz CT molecular complexity index is 1910. The largest absolute Gasteiger partial charge is 0.497 e. The SMILES string of the molecule is COc1ccc(Cn2nc(NC3CCCN(C(=O)OC(C)(C)C)C3)c3c(Oc4cccc(C(=O)Cc5ncc(C)s5)c4)ccnc32)cc1. The van der Waals surface area contributed by atoms with Gasteiger partial charge in [0.1, 0.15) is 33.2 Å². The number of methoxy groups -OCH3 is 1. The van der Waals surface area contributed by atoms with Gasteiger partial charge in [-0.1, -0.05) is 24.3 Å². The number of hydrogen-bond acceptors (Lipinski definition) is 10. The fraction of sp³-hybridized carbons (Fsp3) is 0.361. The number of nitrogens with zero attached hydrogens (tertiary/aromatic N) is 5. The van der Waals surface area contributed by atoms with Crippen LogP contribution in [-0.4, -0.2) is 68.4 Å². The summed E-state index contributed by atoms with van der Waals surface area (Å²) in [4.78, 5) is 37.9. The van der Waals surface area contributed by atoms with Crippen LogP contribution in [0.5, 0.6) is 17.2 Å². The number of anilines is 1. The number of hydrogen-bond donors (Lipinski definition) is 1. The van der Waals surface area contributed by atoms with Gasteiger partial charge in [0, 0.05) is 48.0 Å². The Morgan fingerprint density at radius 2 is 1.88 bits per heavy atom. The lowest BCUT2D eigenvalue weighted by Crippen LogP contribution is -2.47. The van der Waals surface area contributed by atoms with E-state index in [1.807, 2.05) is 68.8 Å². The first kappa shape index (κ1) is 33.0. The molecule has 3 aromatic heterocycles. The maximum absolute atomic E-state index is 13.1. The Labute approximate surface area is 283 Å². The first-order chi connectivity index (χ1) is 23.0. The molecule has 1 fully saturated rings. The second-order valence-electron chi connectivity index (χ2n) is 12.9. The number of likely N-dealkylation sites (tertiary alicyclic amines) is 1. The first-order valence-corrected chi connectivity index (χ1v) is 16.8. The van der Waals surface area contributed by atoms with Crippen molar-refractivity contribution in [2.24, 2.45) is 0 Å². The highest BCUT2D eigenvalue weighted by molar-refractivity contribution is 7.11. The molecule has 2 aromatic carbocycles. The third-order valence-corrected chi connectivity index (χ3v) is 8.78. The highest BCUT2D eigenvalue weighted by Gasteiger charge is 2.29. The summed E-state index contributed by atoms with van der Waals surface area (Å²) in [5.74, 6) is 2.41. The molecule has 5 aromatic rings. The van der Waals surface area contributed by atoms with Crippen LogP contribution in [0, 0.1) is 6.92 Å². The predicted molar refractivity (Wildman–Crippen MR) is 185 cm³/mol. The molecule has 12 heteroatoms. The normalized spacial score (nSPS) is 14.9. The number of thiazole rings is 1. The molecule has 1 aliphatic heterocycles. The van der Waals surface area contributed by atoms with E-state index in [4.69, 9.17) is 24.3 Å². The fourth-order valence-corrected chi connectivity index (χ4v) is 6.42. The molecule has 6 rings (SSSR count). The van der Waals surface area contributed by atoms with E-state index < -0.39 is 5.60 Å². The third kappa shape index (κ3) is 7.93. The van der Waals surface area contributed by atoms with Crippen molar-refractivity contribution < 1.29 is 23.8 Å². The molecule has 0 spiro atoms. The van der Waals surface area contributed by atoms with E-state index in [2.05, 4.69) is 10.3 Å². The van der Waals surface area contributed by atoms with E-state index >= 15 is 0 Å². The van der Waals surface area contributed by atoms with Gasteiger partial charge in [0.05, 0.1) is 20.1 Å². The number of benzene rings is 2. The summed E-state index contributed by atoms with van der Waals surface area (Å²) in [6, 6.07) is 16.7. The zero-order valence-electron chi connectivity index (χ0n) is 27.9. The van der Waals surface area contributed by atoms with E-state index in [9.17, 15) is 9.59 Å². The average molecular weight is 669 g/mol. The van der Waals surface area contributed by atoms with Gasteiger partial charge in [-0.05, 0) is 70.4 Å². The number of carbonyl (C=O) groups excluding carboxylic acids is 2. The minimum absolute atomic E-state index is 0.0313. The molecule has 0 aliphatic carbocycles. The van der Waals surface area contributed by atoms with Gasteiger partial charge in [0.25, 0.3) is 0 Å². The van der Waals surface area contributed by atoms with Gasteiger partial charge in [-0.25, -0.2) is 19.4 Å². The van der Waals surface area contributed by atoms with E-state index in [0.717, 1.165) is 34.0 Å². The topological polar surface area (TPSA) is 121 Å². The number of piperidine rings is 1. The molecule has 1 N–H and O–H groups in total. The Morgan fingerprint density at radius 3 is 2.60 bits per heavy atom. The number of nitrogens with one attached hydrogen (secondary N) is 1. The maximum atomic E-state index is 13.1. The number of aryl methyl sites for hydroxylation is 1. The Kier molecular flexibility index (Phi) is 9.63. The molecule has 1 aliphatic rings.